The fourth-order valence-corrected chi connectivity index (χ4v) is 6.74. The highest BCUT2D eigenvalue weighted by Gasteiger charge is 2.55. The van der Waals surface area contributed by atoms with Crippen LogP contribution in [0.5, 0.6) is 11.5 Å². The van der Waals surface area contributed by atoms with Crippen molar-refractivity contribution in [1.29, 1.82) is 0 Å². The van der Waals surface area contributed by atoms with E-state index in [1.54, 1.807) is 0 Å². The van der Waals surface area contributed by atoms with Gasteiger partial charge in [-0.05, 0) is 78.3 Å². The van der Waals surface area contributed by atoms with E-state index < -0.39 is 6.10 Å². The number of fused-ring (bicyclic) bond motifs is 1. The number of nitrogens with zero attached hydrogens (tertiary/aromatic N) is 1. The third-order valence-corrected chi connectivity index (χ3v) is 9.15. The summed E-state index contributed by atoms with van der Waals surface area (Å²) in [5, 5.41) is 3.73. The average Bonchev–Trinajstić information content (AvgIpc) is 3.41. The number of carbonyl (C=O) groups is 1. The minimum absolute atomic E-state index is 0.0611. The molecular formula is C35H50N2O4. The predicted octanol–water partition coefficient (Wildman–Crippen LogP) is 6.02. The Morgan fingerprint density at radius 1 is 0.951 bits per heavy atom. The Bertz CT molecular complexity index is 1090. The van der Waals surface area contributed by atoms with Gasteiger partial charge >= 0.3 is 5.97 Å². The van der Waals surface area contributed by atoms with Crippen LogP contribution in [0.15, 0.2) is 48.5 Å². The molecule has 0 radical (unpaired) electrons. The van der Waals surface area contributed by atoms with Gasteiger partial charge in [0.2, 0.25) is 0 Å². The van der Waals surface area contributed by atoms with Crippen molar-refractivity contribution in [3.05, 3.63) is 59.7 Å². The molecule has 6 heteroatoms. The summed E-state index contributed by atoms with van der Waals surface area (Å²) in [5.41, 5.74) is 2.29. The van der Waals surface area contributed by atoms with Gasteiger partial charge in [-0.3, -0.25) is 0 Å². The van der Waals surface area contributed by atoms with Crippen LogP contribution in [0.2, 0.25) is 0 Å². The number of likely N-dealkylation sites (tertiary alicyclic amines) is 1. The lowest BCUT2D eigenvalue weighted by Crippen LogP contribution is -2.36. The van der Waals surface area contributed by atoms with Crippen LogP contribution in [-0.4, -0.2) is 62.4 Å². The van der Waals surface area contributed by atoms with Crippen LogP contribution in [0, 0.1) is 17.8 Å². The first kappa shape index (κ1) is 29.9. The van der Waals surface area contributed by atoms with Gasteiger partial charge in [0.1, 0.15) is 18.1 Å². The quantitative estimate of drug-likeness (QED) is 0.238. The Balaban J connectivity index is 1.03. The molecule has 1 aliphatic heterocycles. The Kier molecular flexibility index (Phi) is 9.92. The Morgan fingerprint density at radius 2 is 1.61 bits per heavy atom. The molecule has 1 heterocycles. The van der Waals surface area contributed by atoms with Gasteiger partial charge in [0, 0.05) is 38.6 Å². The van der Waals surface area contributed by atoms with Crippen LogP contribution in [0.25, 0.3) is 0 Å². The number of hydrogen-bond acceptors (Lipinski definition) is 6. The number of hydrogen-bond donors (Lipinski definition) is 1. The lowest BCUT2D eigenvalue weighted by molar-refractivity contribution is -0.151. The van der Waals surface area contributed by atoms with Crippen LogP contribution >= 0.6 is 0 Å². The normalized spacial score (nSPS) is 23.6. The summed E-state index contributed by atoms with van der Waals surface area (Å²) >= 11 is 0. The molecule has 2 saturated carbocycles. The molecule has 41 heavy (non-hydrogen) atoms. The van der Waals surface area contributed by atoms with Gasteiger partial charge in [-0.25, -0.2) is 4.79 Å². The third-order valence-electron chi connectivity index (χ3n) is 9.15. The molecule has 2 aromatic rings. The minimum Gasteiger partial charge on any atom is -0.492 e. The van der Waals surface area contributed by atoms with E-state index in [0.717, 1.165) is 35.6 Å². The molecular weight excluding hydrogens is 512 g/mol. The van der Waals surface area contributed by atoms with Crippen molar-refractivity contribution in [2.24, 2.45) is 17.8 Å². The van der Waals surface area contributed by atoms with Crippen molar-refractivity contribution in [1.82, 2.24) is 10.2 Å². The van der Waals surface area contributed by atoms with Crippen molar-refractivity contribution in [3.63, 3.8) is 0 Å². The lowest BCUT2D eigenvalue weighted by Gasteiger charge is -2.28. The largest absolute Gasteiger partial charge is 0.492 e. The van der Waals surface area contributed by atoms with E-state index >= 15 is 0 Å². The molecule has 2 aliphatic carbocycles. The minimum atomic E-state index is -0.706. The average molecular weight is 563 g/mol. The summed E-state index contributed by atoms with van der Waals surface area (Å²) in [6.45, 7) is 14.1. The van der Waals surface area contributed by atoms with Gasteiger partial charge in [0.15, 0.2) is 6.10 Å². The number of carbonyl (C=O) groups excluding carboxylic acids is 1. The highest BCUT2D eigenvalue weighted by atomic mass is 16.6. The lowest BCUT2D eigenvalue weighted by atomic mass is 9.87. The van der Waals surface area contributed by atoms with Gasteiger partial charge in [-0.1, -0.05) is 64.3 Å². The molecule has 3 fully saturated rings. The first-order valence-corrected chi connectivity index (χ1v) is 15.9. The summed E-state index contributed by atoms with van der Waals surface area (Å²) in [7, 11) is 0. The Morgan fingerprint density at radius 3 is 2.24 bits per heavy atom. The number of ether oxygens (including phenoxy) is 3. The van der Waals surface area contributed by atoms with Gasteiger partial charge in [0.25, 0.3) is 0 Å². The highest BCUT2D eigenvalue weighted by molar-refractivity contribution is 5.75. The fraction of sp³-hybridized carbons (Fsp3) is 0.629. The van der Waals surface area contributed by atoms with E-state index in [2.05, 4.69) is 43.1 Å². The van der Waals surface area contributed by atoms with E-state index in [1.165, 1.54) is 57.3 Å². The van der Waals surface area contributed by atoms with E-state index in [1.807, 2.05) is 43.3 Å². The zero-order valence-corrected chi connectivity index (χ0v) is 25.6. The molecule has 3 aliphatic rings. The number of benzene rings is 2. The summed E-state index contributed by atoms with van der Waals surface area (Å²) in [5.74, 6) is 3.78. The molecule has 0 spiro atoms. The van der Waals surface area contributed by atoms with Crippen molar-refractivity contribution < 1.29 is 19.0 Å². The summed E-state index contributed by atoms with van der Waals surface area (Å²) in [4.78, 5) is 15.4. The van der Waals surface area contributed by atoms with E-state index in [9.17, 15) is 4.79 Å². The third kappa shape index (κ3) is 8.26. The summed E-state index contributed by atoms with van der Waals surface area (Å²) < 4.78 is 17.4. The molecule has 5 rings (SSSR count). The molecule has 4 atom stereocenters. The van der Waals surface area contributed by atoms with Crippen LogP contribution in [0.1, 0.15) is 70.9 Å². The Labute approximate surface area is 247 Å². The van der Waals surface area contributed by atoms with Crippen LogP contribution in [-0.2, 0) is 21.4 Å². The summed E-state index contributed by atoms with van der Waals surface area (Å²) in [6.07, 6.45) is 6.93. The molecule has 1 saturated heterocycles. The second-order valence-electron chi connectivity index (χ2n) is 13.4. The van der Waals surface area contributed by atoms with E-state index in [4.69, 9.17) is 14.2 Å². The maximum absolute atomic E-state index is 12.7. The second kappa shape index (κ2) is 13.6. The second-order valence-corrected chi connectivity index (χ2v) is 13.4. The number of nitrogens with one attached hydrogen (secondary N) is 1. The van der Waals surface area contributed by atoms with Crippen LogP contribution < -0.4 is 14.8 Å². The molecule has 224 valence electrons. The van der Waals surface area contributed by atoms with Crippen molar-refractivity contribution >= 4 is 5.97 Å². The van der Waals surface area contributed by atoms with E-state index in [-0.39, 0.29) is 11.4 Å². The van der Waals surface area contributed by atoms with Gasteiger partial charge < -0.3 is 24.4 Å². The highest BCUT2D eigenvalue weighted by Crippen LogP contribution is 2.46. The summed E-state index contributed by atoms with van der Waals surface area (Å²) in [6, 6.07) is 16.6. The van der Waals surface area contributed by atoms with Crippen LogP contribution in [0.4, 0.5) is 0 Å². The van der Waals surface area contributed by atoms with Gasteiger partial charge in [-0.2, -0.15) is 0 Å². The van der Waals surface area contributed by atoms with Crippen molar-refractivity contribution in [2.45, 2.75) is 83.8 Å². The van der Waals surface area contributed by atoms with E-state index in [0.29, 0.717) is 31.4 Å². The molecule has 1 unspecified atom stereocenters. The first-order valence-electron chi connectivity index (χ1n) is 15.9. The standard InChI is InChI=1S/C35H50N2O4/c1-5-39-34(38)32(41-29-17-13-27(14-18-29)35(2,3)4)21-25-11-15-28(16-12-25)40-20-19-36-33-30-23-37(24-31(30)33)22-26-9-7-6-8-10-26/h11-18,26,30-33,36H,5-10,19-24H2,1-4H3/t30-,31?,32-,33+/m0/s1. The molecule has 2 aromatic carbocycles. The maximum Gasteiger partial charge on any atom is 0.347 e. The first-order chi connectivity index (χ1) is 19.8. The zero-order valence-electron chi connectivity index (χ0n) is 25.6. The number of rotatable bonds is 13. The van der Waals surface area contributed by atoms with Crippen LogP contribution in [0.3, 0.4) is 0 Å². The van der Waals surface area contributed by atoms with Crippen molar-refractivity contribution in [2.75, 3.05) is 39.4 Å². The predicted molar refractivity (Wildman–Crippen MR) is 164 cm³/mol. The SMILES string of the molecule is CCOC(=O)[C@H](Cc1ccc(OCCN[C@H]2C3CN(CC4CCCCC4)C[C@@H]32)cc1)Oc1ccc(C(C)(C)C)cc1. The molecule has 0 bridgehead atoms. The van der Waals surface area contributed by atoms with Gasteiger partial charge in [-0.15, -0.1) is 0 Å². The maximum atomic E-state index is 12.7. The number of piperidine rings is 1. The molecule has 0 amide bonds. The molecule has 6 nitrogen and oxygen atoms in total. The monoisotopic (exact) mass is 562 g/mol. The molecule has 0 aromatic heterocycles. The fourth-order valence-electron chi connectivity index (χ4n) is 6.74. The van der Waals surface area contributed by atoms with Crippen molar-refractivity contribution in [3.8, 4) is 11.5 Å². The topological polar surface area (TPSA) is 60.0 Å². The number of esters is 1. The molecule has 1 N–H and O–H groups in total. The Hall–Kier alpha value is -2.57. The zero-order chi connectivity index (χ0) is 28.8. The van der Waals surface area contributed by atoms with Gasteiger partial charge in [0.05, 0.1) is 6.61 Å². The smallest absolute Gasteiger partial charge is 0.347 e.